The summed E-state index contributed by atoms with van der Waals surface area (Å²) in [5.41, 5.74) is 1.79. The van der Waals surface area contributed by atoms with Gasteiger partial charge in [0.25, 0.3) is 0 Å². The van der Waals surface area contributed by atoms with Crippen LogP contribution in [0.25, 0.3) is 0 Å². The van der Waals surface area contributed by atoms with Crippen molar-refractivity contribution in [2.24, 2.45) is 5.41 Å². The SMILES string of the molecule is CCN1C(=O)[C@@H]2CC(C)(C)CN2c2nc(NCc3cnn(Cc4cc(F)c(F)c(F)c4)c3)ncc21.S. The van der Waals surface area contributed by atoms with Crippen LogP contribution in [-0.2, 0) is 17.9 Å². The number of fused-ring (bicyclic) bond motifs is 3. The number of amides is 1. The van der Waals surface area contributed by atoms with Crippen LogP contribution in [0, 0.1) is 22.9 Å². The third-order valence-electron chi connectivity index (χ3n) is 6.43. The summed E-state index contributed by atoms with van der Waals surface area (Å²) in [6, 6.07) is 1.69. The fourth-order valence-corrected chi connectivity index (χ4v) is 4.84. The fourth-order valence-electron chi connectivity index (χ4n) is 4.84. The van der Waals surface area contributed by atoms with Gasteiger partial charge in [-0.2, -0.15) is 23.6 Å². The summed E-state index contributed by atoms with van der Waals surface area (Å²) in [6.45, 7) is 8.00. The summed E-state index contributed by atoms with van der Waals surface area (Å²) in [4.78, 5) is 26.0. The summed E-state index contributed by atoms with van der Waals surface area (Å²) in [5.74, 6) is -2.69. The third-order valence-corrected chi connectivity index (χ3v) is 6.43. The second-order valence-electron chi connectivity index (χ2n) is 9.77. The molecule has 5 rings (SSSR count). The molecule has 1 N–H and O–H groups in total. The molecule has 192 valence electrons. The summed E-state index contributed by atoms with van der Waals surface area (Å²) in [7, 11) is 0. The zero-order chi connectivity index (χ0) is 24.9. The van der Waals surface area contributed by atoms with Crippen molar-refractivity contribution in [3.8, 4) is 0 Å². The van der Waals surface area contributed by atoms with Gasteiger partial charge in [-0.25, -0.2) is 18.2 Å². The lowest BCUT2D eigenvalue weighted by atomic mass is 9.90. The average Bonchev–Trinajstić information content (AvgIpc) is 3.39. The predicted molar refractivity (Wildman–Crippen MR) is 135 cm³/mol. The van der Waals surface area contributed by atoms with Gasteiger partial charge in [0.05, 0.1) is 18.9 Å². The first-order valence-electron chi connectivity index (χ1n) is 11.5. The normalized spacial score (nSPS) is 18.1. The van der Waals surface area contributed by atoms with E-state index in [4.69, 9.17) is 4.98 Å². The van der Waals surface area contributed by atoms with Gasteiger partial charge in [0.15, 0.2) is 23.3 Å². The van der Waals surface area contributed by atoms with E-state index < -0.39 is 17.5 Å². The topological polar surface area (TPSA) is 79.2 Å². The monoisotopic (exact) mass is 519 g/mol. The number of nitrogens with zero attached hydrogens (tertiary/aromatic N) is 6. The van der Waals surface area contributed by atoms with Crippen LogP contribution in [0.4, 0.5) is 30.6 Å². The lowest BCUT2D eigenvalue weighted by Crippen LogP contribution is -2.51. The molecule has 8 nitrogen and oxygen atoms in total. The van der Waals surface area contributed by atoms with Crippen LogP contribution in [0.5, 0.6) is 0 Å². The van der Waals surface area contributed by atoms with Gasteiger partial charge < -0.3 is 15.1 Å². The summed E-state index contributed by atoms with van der Waals surface area (Å²) in [5, 5.41) is 7.39. The molecule has 2 aromatic heterocycles. The highest BCUT2D eigenvalue weighted by Crippen LogP contribution is 2.44. The van der Waals surface area contributed by atoms with Crippen molar-refractivity contribution in [2.75, 3.05) is 28.2 Å². The Morgan fingerprint density at radius 2 is 1.86 bits per heavy atom. The highest BCUT2D eigenvalue weighted by Gasteiger charge is 2.48. The molecule has 0 aliphatic carbocycles. The number of hydrogen-bond acceptors (Lipinski definition) is 6. The van der Waals surface area contributed by atoms with E-state index in [1.165, 1.54) is 4.68 Å². The molecule has 3 aromatic rings. The van der Waals surface area contributed by atoms with Crippen LogP contribution in [0.3, 0.4) is 0 Å². The van der Waals surface area contributed by atoms with Crippen LogP contribution in [0.2, 0.25) is 0 Å². The Morgan fingerprint density at radius 1 is 1.14 bits per heavy atom. The largest absolute Gasteiger partial charge is 0.350 e. The first kappa shape index (κ1) is 25.8. The molecule has 1 fully saturated rings. The van der Waals surface area contributed by atoms with Gasteiger partial charge in [0.1, 0.15) is 11.7 Å². The van der Waals surface area contributed by atoms with Crippen molar-refractivity contribution in [2.45, 2.75) is 46.3 Å². The van der Waals surface area contributed by atoms with E-state index in [0.717, 1.165) is 36.5 Å². The standard InChI is InChI=1S/C24H26F3N7O.H2S/c1-4-33-19-10-29-23(31-21(19)34-13-24(2,3)7-18(34)22(33)35)28-8-15-9-30-32(12-15)11-14-5-16(25)20(27)17(26)6-14;/h5-6,9-10,12,18H,4,7-8,11,13H2,1-3H3,(H,28,29,31);1H2/t18-;/m0./s1. The second-order valence-corrected chi connectivity index (χ2v) is 9.77. The van der Waals surface area contributed by atoms with Gasteiger partial charge in [-0.15, -0.1) is 0 Å². The minimum atomic E-state index is -1.49. The number of rotatable bonds is 6. The molecule has 12 heteroatoms. The quantitative estimate of drug-likeness (QED) is 0.499. The van der Waals surface area contributed by atoms with Crippen molar-refractivity contribution in [1.29, 1.82) is 0 Å². The molecular formula is C24H28F3N7OS. The van der Waals surface area contributed by atoms with Gasteiger partial charge in [-0.1, -0.05) is 13.8 Å². The first-order chi connectivity index (χ1) is 16.6. The van der Waals surface area contributed by atoms with E-state index in [2.05, 4.69) is 34.1 Å². The molecule has 2 aliphatic heterocycles. The summed E-state index contributed by atoms with van der Waals surface area (Å²) < 4.78 is 41.6. The molecule has 1 saturated heterocycles. The molecule has 1 aromatic carbocycles. The number of anilines is 3. The smallest absolute Gasteiger partial charge is 0.249 e. The molecular weight excluding hydrogens is 491 g/mol. The van der Waals surface area contributed by atoms with E-state index in [0.29, 0.717) is 24.7 Å². The van der Waals surface area contributed by atoms with Crippen LogP contribution in [0.15, 0.2) is 30.7 Å². The molecule has 0 saturated carbocycles. The summed E-state index contributed by atoms with van der Waals surface area (Å²) in [6.07, 6.45) is 5.80. The van der Waals surface area contributed by atoms with Gasteiger partial charge in [-0.3, -0.25) is 9.48 Å². The average molecular weight is 520 g/mol. The Labute approximate surface area is 214 Å². The van der Waals surface area contributed by atoms with Crippen LogP contribution < -0.4 is 15.1 Å². The number of benzene rings is 1. The van der Waals surface area contributed by atoms with Gasteiger partial charge in [-0.05, 0) is 36.5 Å². The van der Waals surface area contributed by atoms with E-state index >= 15 is 0 Å². The minimum Gasteiger partial charge on any atom is -0.350 e. The molecule has 0 radical (unpaired) electrons. The maximum Gasteiger partial charge on any atom is 0.249 e. The number of halogens is 3. The maximum atomic E-state index is 13.5. The predicted octanol–water partition coefficient (Wildman–Crippen LogP) is 3.84. The molecule has 0 bridgehead atoms. The molecule has 1 amide bonds. The van der Waals surface area contributed by atoms with Gasteiger partial charge in [0.2, 0.25) is 11.9 Å². The molecule has 2 aliphatic rings. The van der Waals surface area contributed by atoms with E-state index in [1.807, 2.05) is 6.92 Å². The fraction of sp³-hybridized carbons (Fsp3) is 0.417. The Hall–Kier alpha value is -3.28. The van der Waals surface area contributed by atoms with E-state index in [-0.39, 0.29) is 43.0 Å². The minimum absolute atomic E-state index is 0. The Balaban J connectivity index is 0.00000304. The van der Waals surface area contributed by atoms with E-state index in [9.17, 15) is 18.0 Å². The van der Waals surface area contributed by atoms with Crippen LogP contribution in [0.1, 0.15) is 38.3 Å². The zero-order valence-electron chi connectivity index (χ0n) is 20.2. The maximum absolute atomic E-state index is 13.5. The number of likely N-dealkylation sites (N-methyl/N-ethyl adjacent to an activating group) is 1. The molecule has 0 unspecified atom stereocenters. The molecule has 1 atom stereocenters. The van der Waals surface area contributed by atoms with Crippen LogP contribution in [-0.4, -0.2) is 44.8 Å². The van der Waals surface area contributed by atoms with Crippen molar-refractivity contribution in [3.05, 3.63) is 59.3 Å². The molecule has 4 heterocycles. The van der Waals surface area contributed by atoms with Crippen molar-refractivity contribution >= 4 is 36.9 Å². The highest BCUT2D eigenvalue weighted by molar-refractivity contribution is 7.59. The number of aromatic nitrogens is 4. The summed E-state index contributed by atoms with van der Waals surface area (Å²) >= 11 is 0. The number of hydrogen-bond donors (Lipinski definition) is 1. The molecule has 36 heavy (non-hydrogen) atoms. The second kappa shape index (κ2) is 9.64. The number of nitrogens with one attached hydrogen (secondary N) is 1. The Morgan fingerprint density at radius 3 is 2.56 bits per heavy atom. The molecule has 0 spiro atoms. The lowest BCUT2D eigenvalue weighted by molar-refractivity contribution is -0.120. The van der Waals surface area contributed by atoms with Crippen molar-refractivity contribution in [3.63, 3.8) is 0 Å². The lowest BCUT2D eigenvalue weighted by Gasteiger charge is -2.37. The number of carbonyl (C=O) groups is 1. The number of carbonyl (C=O) groups excluding carboxylic acids is 1. The first-order valence-corrected chi connectivity index (χ1v) is 11.5. The third kappa shape index (κ3) is 4.73. The van der Waals surface area contributed by atoms with Gasteiger partial charge >= 0.3 is 0 Å². The van der Waals surface area contributed by atoms with Gasteiger partial charge in [0, 0.05) is 31.4 Å². The highest BCUT2D eigenvalue weighted by atomic mass is 32.1. The van der Waals surface area contributed by atoms with Crippen molar-refractivity contribution < 1.29 is 18.0 Å². The zero-order valence-corrected chi connectivity index (χ0v) is 21.2. The Kier molecular flexibility index (Phi) is 6.91. The van der Waals surface area contributed by atoms with Crippen LogP contribution >= 0.6 is 13.5 Å². The van der Waals surface area contributed by atoms with Crippen molar-refractivity contribution in [1.82, 2.24) is 19.7 Å². The van der Waals surface area contributed by atoms with E-state index in [1.54, 1.807) is 23.5 Å². The Bertz CT molecular complexity index is 1280.